The minimum atomic E-state index is -3.13. The van der Waals surface area contributed by atoms with Gasteiger partial charge in [-0.1, -0.05) is 0 Å². The fraction of sp³-hybridized carbons (Fsp3) is 0.667. The average molecular weight is 206 g/mol. The molecule has 0 unspecified atom stereocenters. The van der Waals surface area contributed by atoms with E-state index in [0.29, 0.717) is 12.8 Å². The lowest BCUT2D eigenvalue weighted by molar-refractivity contribution is -0.112. The number of hydrogen-bond acceptors (Lipinski definition) is 4. The van der Waals surface area contributed by atoms with Crippen LogP contribution < -0.4 is 10.6 Å². The molecule has 6 nitrogen and oxygen atoms in total. The summed E-state index contributed by atoms with van der Waals surface area (Å²) in [7, 11) is -3.13. The molecule has 1 saturated heterocycles. The quantitative estimate of drug-likeness (QED) is 0.503. The first-order valence-corrected chi connectivity index (χ1v) is 5.51. The van der Waals surface area contributed by atoms with Crippen LogP contribution in [0.1, 0.15) is 0 Å². The Hall–Kier alpha value is -1.11. The summed E-state index contributed by atoms with van der Waals surface area (Å²) in [6, 6.07) is -1.01. The second-order valence-electron chi connectivity index (χ2n) is 2.86. The van der Waals surface area contributed by atoms with Gasteiger partial charge in [-0.25, -0.2) is 8.42 Å². The van der Waals surface area contributed by atoms with E-state index in [2.05, 4.69) is 10.6 Å². The number of carbonyl (C=O) groups is 2. The molecule has 1 aliphatic rings. The molecule has 0 saturated carbocycles. The van der Waals surface area contributed by atoms with Gasteiger partial charge in [0, 0.05) is 0 Å². The van der Waals surface area contributed by atoms with Crippen LogP contribution in [0.3, 0.4) is 0 Å². The first-order valence-electron chi connectivity index (χ1n) is 3.69. The first-order chi connectivity index (χ1) is 6.09. The lowest BCUT2D eigenvalue weighted by atomic mass is 10.2. The van der Waals surface area contributed by atoms with Crippen LogP contribution in [-0.2, 0) is 19.4 Å². The number of sulfone groups is 1. The number of amides is 2. The van der Waals surface area contributed by atoms with Crippen molar-refractivity contribution in [2.45, 2.75) is 12.1 Å². The van der Waals surface area contributed by atoms with Crippen LogP contribution in [0.15, 0.2) is 0 Å². The maximum Gasteiger partial charge on any atom is 0.207 e. The largest absolute Gasteiger partial charge is 0.353 e. The van der Waals surface area contributed by atoms with E-state index in [9.17, 15) is 18.0 Å². The Morgan fingerprint density at radius 1 is 1.00 bits per heavy atom. The van der Waals surface area contributed by atoms with Crippen molar-refractivity contribution in [1.29, 1.82) is 0 Å². The van der Waals surface area contributed by atoms with Gasteiger partial charge in [-0.15, -0.1) is 0 Å². The van der Waals surface area contributed by atoms with Crippen molar-refractivity contribution >= 4 is 22.7 Å². The van der Waals surface area contributed by atoms with Gasteiger partial charge in [0.1, 0.15) is 0 Å². The Morgan fingerprint density at radius 2 is 1.38 bits per heavy atom. The van der Waals surface area contributed by atoms with E-state index in [1.54, 1.807) is 0 Å². The summed E-state index contributed by atoms with van der Waals surface area (Å²) in [4.78, 5) is 20.2. The van der Waals surface area contributed by atoms with E-state index in [4.69, 9.17) is 0 Å². The Morgan fingerprint density at radius 3 is 1.69 bits per heavy atom. The third-order valence-electron chi connectivity index (χ3n) is 1.92. The molecule has 0 aromatic carbocycles. The van der Waals surface area contributed by atoms with E-state index in [0.717, 1.165) is 0 Å². The molecule has 0 aliphatic carbocycles. The van der Waals surface area contributed by atoms with Crippen LogP contribution >= 0.6 is 0 Å². The maximum atomic E-state index is 11.1. The first kappa shape index (κ1) is 9.97. The molecule has 2 amide bonds. The molecule has 13 heavy (non-hydrogen) atoms. The van der Waals surface area contributed by atoms with Crippen molar-refractivity contribution < 1.29 is 18.0 Å². The third-order valence-corrected chi connectivity index (χ3v) is 3.65. The van der Waals surface area contributed by atoms with E-state index < -0.39 is 21.9 Å². The van der Waals surface area contributed by atoms with Crippen LogP contribution in [0, 0.1) is 0 Å². The van der Waals surface area contributed by atoms with E-state index in [1.807, 2.05) is 0 Å². The monoisotopic (exact) mass is 206 g/mol. The average Bonchev–Trinajstić information content (AvgIpc) is 2.28. The zero-order valence-electron chi connectivity index (χ0n) is 6.76. The molecule has 7 heteroatoms. The van der Waals surface area contributed by atoms with Gasteiger partial charge in [0.25, 0.3) is 0 Å². The van der Waals surface area contributed by atoms with Gasteiger partial charge in [0.15, 0.2) is 9.84 Å². The third kappa shape index (κ3) is 2.41. The summed E-state index contributed by atoms with van der Waals surface area (Å²) in [5.74, 6) is -0.228. The van der Waals surface area contributed by atoms with Crippen molar-refractivity contribution in [2.75, 3.05) is 11.5 Å². The highest BCUT2D eigenvalue weighted by Gasteiger charge is 2.37. The van der Waals surface area contributed by atoms with Crippen LogP contribution in [0.5, 0.6) is 0 Å². The second kappa shape index (κ2) is 3.73. The molecule has 1 heterocycles. The van der Waals surface area contributed by atoms with Crippen molar-refractivity contribution in [3.05, 3.63) is 0 Å². The summed E-state index contributed by atoms with van der Waals surface area (Å²) in [5.41, 5.74) is 0. The fourth-order valence-corrected chi connectivity index (χ4v) is 3.24. The summed E-state index contributed by atoms with van der Waals surface area (Å²) < 4.78 is 22.2. The lowest BCUT2D eigenvalue weighted by Gasteiger charge is -2.15. The number of hydrogen-bond donors (Lipinski definition) is 2. The van der Waals surface area contributed by atoms with Gasteiger partial charge in [-0.05, 0) is 0 Å². The highest BCUT2D eigenvalue weighted by atomic mass is 32.2. The molecular weight excluding hydrogens is 196 g/mol. The molecule has 0 aromatic rings. The SMILES string of the molecule is O=CN[C@@H]1CS(=O)(=O)C[C@H]1NC=O. The van der Waals surface area contributed by atoms with E-state index in [1.165, 1.54) is 0 Å². The topological polar surface area (TPSA) is 92.3 Å². The minimum absolute atomic E-state index is 0.114. The molecule has 1 fully saturated rings. The van der Waals surface area contributed by atoms with Gasteiger partial charge >= 0.3 is 0 Å². The summed E-state index contributed by atoms with van der Waals surface area (Å²) >= 11 is 0. The van der Waals surface area contributed by atoms with Crippen LogP contribution in [0.2, 0.25) is 0 Å². The van der Waals surface area contributed by atoms with Crippen molar-refractivity contribution in [1.82, 2.24) is 10.6 Å². The molecule has 0 spiro atoms. The van der Waals surface area contributed by atoms with Gasteiger partial charge in [-0.2, -0.15) is 0 Å². The molecule has 1 rings (SSSR count). The Balaban J connectivity index is 2.70. The Bertz CT molecular complexity index is 276. The van der Waals surface area contributed by atoms with E-state index in [-0.39, 0.29) is 11.5 Å². The van der Waals surface area contributed by atoms with Gasteiger partial charge in [-0.3, -0.25) is 9.59 Å². The second-order valence-corrected chi connectivity index (χ2v) is 5.01. The number of carbonyl (C=O) groups excluding carboxylic acids is 2. The van der Waals surface area contributed by atoms with Crippen LogP contribution in [0.25, 0.3) is 0 Å². The van der Waals surface area contributed by atoms with Crippen molar-refractivity contribution in [3.63, 3.8) is 0 Å². The smallest absolute Gasteiger partial charge is 0.207 e. The predicted octanol–water partition coefficient (Wildman–Crippen LogP) is -2.36. The van der Waals surface area contributed by atoms with Gasteiger partial charge in [0.05, 0.1) is 23.6 Å². The normalized spacial score (nSPS) is 30.8. The molecule has 2 atom stereocenters. The predicted molar refractivity (Wildman–Crippen MR) is 44.6 cm³/mol. The Labute approximate surface area is 75.6 Å². The molecular formula is C6H10N2O4S. The van der Waals surface area contributed by atoms with Gasteiger partial charge < -0.3 is 10.6 Å². The molecule has 1 aliphatic heterocycles. The van der Waals surface area contributed by atoms with Crippen LogP contribution in [-0.4, -0.2) is 44.8 Å². The zero-order chi connectivity index (χ0) is 9.90. The van der Waals surface area contributed by atoms with Crippen molar-refractivity contribution in [3.8, 4) is 0 Å². The minimum Gasteiger partial charge on any atom is -0.353 e. The standard InChI is InChI=1S/C6H10N2O4S/c9-3-7-5-1-13(11,12)2-6(5)8-4-10/h3-6H,1-2H2,(H,7,9)(H,8,10)/t5-,6-/m1/s1. The summed E-state index contributed by atoms with van der Waals surface area (Å²) in [6.45, 7) is 0. The van der Waals surface area contributed by atoms with Gasteiger partial charge in [0.2, 0.25) is 12.8 Å². The maximum absolute atomic E-state index is 11.1. The molecule has 74 valence electrons. The zero-order valence-corrected chi connectivity index (χ0v) is 7.58. The number of rotatable bonds is 4. The lowest BCUT2D eigenvalue weighted by Crippen LogP contribution is -2.46. The molecule has 0 aromatic heterocycles. The summed E-state index contributed by atoms with van der Waals surface area (Å²) in [5, 5.41) is 4.71. The summed E-state index contributed by atoms with van der Waals surface area (Å²) in [6.07, 6.45) is 0.871. The number of nitrogens with one attached hydrogen (secondary N) is 2. The molecule has 2 N–H and O–H groups in total. The van der Waals surface area contributed by atoms with Crippen molar-refractivity contribution in [2.24, 2.45) is 0 Å². The molecule has 0 bridgehead atoms. The highest BCUT2D eigenvalue weighted by molar-refractivity contribution is 7.91. The van der Waals surface area contributed by atoms with Crippen LogP contribution in [0.4, 0.5) is 0 Å². The Kier molecular flexibility index (Phi) is 2.86. The van der Waals surface area contributed by atoms with E-state index >= 15 is 0 Å². The molecule has 0 radical (unpaired) electrons. The highest BCUT2D eigenvalue weighted by Crippen LogP contribution is 2.11. The fourth-order valence-electron chi connectivity index (χ4n) is 1.35.